The number of halogens is 2. The Morgan fingerprint density at radius 1 is 0.929 bits per heavy atom. The Labute approximate surface area is 160 Å². The van der Waals surface area contributed by atoms with Gasteiger partial charge in [0.1, 0.15) is 17.1 Å². The quantitative estimate of drug-likeness (QED) is 0.486. The summed E-state index contributed by atoms with van der Waals surface area (Å²) in [4.78, 5) is 12.2. The minimum atomic E-state index is -0.548. The smallest absolute Gasteiger partial charge is 0.166 e. The lowest BCUT2D eigenvalue weighted by atomic mass is 10.0. The second-order valence-corrected chi connectivity index (χ2v) is 6.42. The molecule has 0 spiro atoms. The Balaban J connectivity index is 1.46. The molecule has 4 nitrogen and oxygen atoms in total. The molecule has 0 N–H and O–H groups in total. The Kier molecular flexibility index (Phi) is 4.85. The van der Waals surface area contributed by atoms with Crippen molar-refractivity contribution in [3.8, 4) is 11.5 Å². The van der Waals surface area contributed by atoms with Gasteiger partial charge in [-0.15, -0.1) is 0 Å². The highest BCUT2D eigenvalue weighted by Crippen LogP contribution is 2.28. The van der Waals surface area contributed by atoms with E-state index >= 15 is 0 Å². The summed E-state index contributed by atoms with van der Waals surface area (Å²) in [6, 6.07) is 15.5. The van der Waals surface area contributed by atoms with Crippen molar-refractivity contribution in [1.82, 2.24) is 9.61 Å². The lowest BCUT2D eigenvalue weighted by Gasteiger charge is -2.09. The van der Waals surface area contributed by atoms with E-state index in [1.807, 2.05) is 0 Å². The van der Waals surface area contributed by atoms with Crippen LogP contribution in [0.25, 0.3) is 5.52 Å². The summed E-state index contributed by atoms with van der Waals surface area (Å²) in [5.74, 6) is -0.416. The first-order valence-corrected chi connectivity index (χ1v) is 8.73. The molecule has 0 atom stereocenters. The molecule has 0 saturated heterocycles. The number of aromatic nitrogens is 2. The second kappa shape index (κ2) is 7.60. The number of carbonyl (C=O) groups is 1. The normalized spacial score (nSPS) is 10.9. The van der Waals surface area contributed by atoms with Gasteiger partial charge in [-0.25, -0.2) is 13.3 Å². The molecule has 0 unspecified atom stereocenters. The van der Waals surface area contributed by atoms with Gasteiger partial charge in [0.25, 0.3) is 0 Å². The van der Waals surface area contributed by atoms with E-state index in [0.717, 1.165) is 11.1 Å². The minimum absolute atomic E-state index is 0.0732. The average Bonchev–Trinajstić information content (AvgIpc) is 3.15. The summed E-state index contributed by atoms with van der Waals surface area (Å²) >= 11 is 0. The third-order valence-corrected chi connectivity index (χ3v) is 4.33. The number of benzene rings is 2. The zero-order chi connectivity index (χ0) is 19.5. The van der Waals surface area contributed by atoms with Gasteiger partial charge in [0.05, 0.1) is 6.20 Å². The van der Waals surface area contributed by atoms with Gasteiger partial charge in [-0.3, -0.25) is 4.79 Å². The van der Waals surface area contributed by atoms with Crippen LogP contribution >= 0.6 is 0 Å². The highest BCUT2D eigenvalue weighted by molar-refractivity contribution is 5.83. The van der Waals surface area contributed by atoms with Crippen molar-refractivity contribution >= 4 is 11.3 Å². The van der Waals surface area contributed by atoms with Gasteiger partial charge in [0.15, 0.2) is 17.3 Å². The molecule has 0 radical (unpaired) electrons. The van der Waals surface area contributed by atoms with Crippen molar-refractivity contribution < 1.29 is 18.3 Å². The fourth-order valence-electron chi connectivity index (χ4n) is 2.99. The zero-order valence-electron chi connectivity index (χ0n) is 14.8. The van der Waals surface area contributed by atoms with Crippen LogP contribution in [-0.4, -0.2) is 15.4 Å². The topological polar surface area (TPSA) is 43.6 Å². The number of pyridine rings is 1. The standard InChI is InChI=1S/C22H16F2N2O2/c23-17-6-3-15(4-7-17)12-18(27)13-16-5-8-21(19(24)14-16)28-22-2-1-11-26-20(22)9-10-25-26/h1-11,14H,12-13H2. The number of ether oxygens (including phenoxy) is 1. The van der Waals surface area contributed by atoms with Crippen LogP contribution in [-0.2, 0) is 17.6 Å². The van der Waals surface area contributed by atoms with E-state index in [1.165, 1.54) is 24.3 Å². The van der Waals surface area contributed by atoms with Crippen molar-refractivity contribution in [3.05, 3.63) is 95.8 Å². The monoisotopic (exact) mass is 378 g/mol. The van der Waals surface area contributed by atoms with Gasteiger partial charge in [-0.05, 0) is 53.6 Å². The lowest BCUT2D eigenvalue weighted by molar-refractivity contribution is -0.117. The van der Waals surface area contributed by atoms with Crippen LogP contribution in [0.1, 0.15) is 11.1 Å². The van der Waals surface area contributed by atoms with Crippen LogP contribution in [0.3, 0.4) is 0 Å². The summed E-state index contributed by atoms with van der Waals surface area (Å²) in [6.07, 6.45) is 3.67. The van der Waals surface area contributed by atoms with E-state index in [9.17, 15) is 13.6 Å². The summed E-state index contributed by atoms with van der Waals surface area (Å²) in [6.45, 7) is 0. The predicted octanol–water partition coefficient (Wildman–Crippen LogP) is 4.76. The van der Waals surface area contributed by atoms with Gasteiger partial charge in [0.2, 0.25) is 0 Å². The predicted molar refractivity (Wildman–Crippen MR) is 100 cm³/mol. The Hall–Kier alpha value is -3.54. The van der Waals surface area contributed by atoms with Gasteiger partial charge in [-0.1, -0.05) is 18.2 Å². The van der Waals surface area contributed by atoms with Crippen molar-refractivity contribution in [3.63, 3.8) is 0 Å². The third kappa shape index (κ3) is 3.91. The summed E-state index contributed by atoms with van der Waals surface area (Å²) in [7, 11) is 0. The first kappa shape index (κ1) is 17.9. The van der Waals surface area contributed by atoms with Crippen LogP contribution in [0, 0.1) is 11.6 Å². The molecule has 140 valence electrons. The number of Topliss-reactive ketones (excluding diaryl/α,β-unsaturated/α-hetero) is 1. The van der Waals surface area contributed by atoms with Crippen LogP contribution in [0.15, 0.2) is 73.1 Å². The number of hydrogen-bond donors (Lipinski definition) is 0. The maximum atomic E-state index is 14.5. The Morgan fingerprint density at radius 3 is 2.46 bits per heavy atom. The first-order chi connectivity index (χ1) is 13.6. The van der Waals surface area contributed by atoms with E-state index in [-0.39, 0.29) is 30.2 Å². The molecule has 2 heterocycles. The Bertz CT molecular complexity index is 1140. The molecule has 0 aliphatic rings. The largest absolute Gasteiger partial charge is 0.452 e. The molecular formula is C22H16F2N2O2. The number of rotatable bonds is 6. The number of fused-ring (bicyclic) bond motifs is 1. The molecular weight excluding hydrogens is 362 g/mol. The van der Waals surface area contributed by atoms with E-state index in [1.54, 1.807) is 53.3 Å². The summed E-state index contributed by atoms with van der Waals surface area (Å²) in [5.41, 5.74) is 2.00. The van der Waals surface area contributed by atoms with Gasteiger partial charge in [0, 0.05) is 19.0 Å². The zero-order valence-corrected chi connectivity index (χ0v) is 14.8. The van der Waals surface area contributed by atoms with Crippen molar-refractivity contribution in [1.29, 1.82) is 0 Å². The maximum absolute atomic E-state index is 14.5. The van der Waals surface area contributed by atoms with Crippen LogP contribution < -0.4 is 4.74 Å². The molecule has 0 aliphatic carbocycles. The molecule has 2 aromatic carbocycles. The van der Waals surface area contributed by atoms with Crippen molar-refractivity contribution in [2.24, 2.45) is 0 Å². The summed E-state index contributed by atoms with van der Waals surface area (Å²) < 4.78 is 34.7. The molecule has 2 aromatic heterocycles. The fraction of sp³-hybridized carbons (Fsp3) is 0.0909. The maximum Gasteiger partial charge on any atom is 0.166 e. The molecule has 0 bridgehead atoms. The number of carbonyl (C=O) groups excluding carboxylic acids is 1. The highest BCUT2D eigenvalue weighted by Gasteiger charge is 2.12. The molecule has 6 heteroatoms. The van der Waals surface area contributed by atoms with Crippen LogP contribution in [0.2, 0.25) is 0 Å². The lowest BCUT2D eigenvalue weighted by Crippen LogP contribution is -2.07. The van der Waals surface area contributed by atoms with Gasteiger partial charge >= 0.3 is 0 Å². The molecule has 4 rings (SSSR count). The molecule has 4 aromatic rings. The molecule has 28 heavy (non-hydrogen) atoms. The van der Waals surface area contributed by atoms with Crippen molar-refractivity contribution in [2.45, 2.75) is 12.8 Å². The van der Waals surface area contributed by atoms with E-state index < -0.39 is 5.82 Å². The van der Waals surface area contributed by atoms with Crippen LogP contribution in [0.5, 0.6) is 11.5 Å². The van der Waals surface area contributed by atoms with Crippen molar-refractivity contribution in [2.75, 3.05) is 0 Å². The molecule has 0 saturated carbocycles. The highest BCUT2D eigenvalue weighted by atomic mass is 19.1. The van der Waals surface area contributed by atoms with E-state index in [2.05, 4.69) is 5.10 Å². The number of hydrogen-bond acceptors (Lipinski definition) is 3. The second-order valence-electron chi connectivity index (χ2n) is 6.42. The van der Waals surface area contributed by atoms with E-state index in [4.69, 9.17) is 4.74 Å². The minimum Gasteiger partial charge on any atom is -0.452 e. The number of nitrogens with zero attached hydrogens (tertiary/aromatic N) is 2. The van der Waals surface area contributed by atoms with Gasteiger partial charge in [-0.2, -0.15) is 5.10 Å². The van der Waals surface area contributed by atoms with E-state index in [0.29, 0.717) is 11.3 Å². The fourth-order valence-corrected chi connectivity index (χ4v) is 2.99. The molecule has 0 fully saturated rings. The number of ketones is 1. The summed E-state index contributed by atoms with van der Waals surface area (Å²) in [5, 5.41) is 4.11. The third-order valence-electron chi connectivity index (χ3n) is 4.33. The Morgan fingerprint density at radius 2 is 1.68 bits per heavy atom. The average molecular weight is 378 g/mol. The first-order valence-electron chi connectivity index (χ1n) is 8.73. The SMILES string of the molecule is O=C(Cc1ccc(F)cc1)Cc1ccc(Oc2cccn3nccc23)c(F)c1. The molecule has 0 aliphatic heterocycles. The molecule has 0 amide bonds. The van der Waals surface area contributed by atoms with Gasteiger partial charge < -0.3 is 4.74 Å². The van der Waals surface area contributed by atoms with Crippen LogP contribution in [0.4, 0.5) is 8.78 Å².